The molecule has 0 spiro atoms. The van der Waals surface area contributed by atoms with Crippen LogP contribution in [0.25, 0.3) is 0 Å². The van der Waals surface area contributed by atoms with Gasteiger partial charge in [-0.2, -0.15) is 5.26 Å². The normalized spacial score (nSPS) is 13.4. The number of aliphatic hydroxyl groups excluding tert-OH is 1. The predicted molar refractivity (Wildman–Crippen MR) is 48.6 cm³/mol. The van der Waals surface area contributed by atoms with E-state index in [1.54, 1.807) is 0 Å². The van der Waals surface area contributed by atoms with E-state index in [1.807, 2.05) is 6.92 Å². The fraction of sp³-hybridized carbons (Fsp3) is 0.889. The van der Waals surface area contributed by atoms with E-state index in [-0.39, 0.29) is 12.6 Å². The Morgan fingerprint density at radius 2 is 2.08 bits per heavy atom. The van der Waals surface area contributed by atoms with Crippen molar-refractivity contribution in [1.82, 2.24) is 4.90 Å². The van der Waals surface area contributed by atoms with Crippen LogP contribution in [0, 0.1) is 11.3 Å². The molecule has 1 unspecified atom stereocenters. The molecule has 0 fully saturated rings. The molecule has 0 saturated heterocycles. The highest BCUT2D eigenvalue weighted by Gasteiger charge is 2.17. The highest BCUT2D eigenvalue weighted by atomic mass is 16.3. The third-order valence-corrected chi connectivity index (χ3v) is 2.04. The summed E-state index contributed by atoms with van der Waals surface area (Å²) < 4.78 is 0. The van der Waals surface area contributed by atoms with Gasteiger partial charge < -0.3 is 5.11 Å². The number of likely N-dealkylation sites (N-methyl/N-ethyl adjacent to an activating group) is 1. The van der Waals surface area contributed by atoms with Crippen molar-refractivity contribution >= 4 is 0 Å². The fourth-order valence-electron chi connectivity index (χ4n) is 1.44. The molecule has 0 radical (unpaired) electrons. The minimum atomic E-state index is -0.000000000000000444. The topological polar surface area (TPSA) is 47.3 Å². The Hall–Kier alpha value is -0.590. The highest BCUT2D eigenvalue weighted by Crippen LogP contribution is 2.07. The van der Waals surface area contributed by atoms with Gasteiger partial charge in [0.2, 0.25) is 0 Å². The third kappa shape index (κ3) is 3.21. The van der Waals surface area contributed by atoms with E-state index in [1.165, 1.54) is 0 Å². The molecule has 0 rings (SSSR count). The van der Waals surface area contributed by atoms with Crippen LogP contribution in [0.4, 0.5) is 0 Å². The Morgan fingerprint density at radius 3 is 2.33 bits per heavy atom. The Balaban J connectivity index is 4.14. The summed E-state index contributed by atoms with van der Waals surface area (Å²) in [4.78, 5) is 2.13. The van der Waals surface area contributed by atoms with Crippen molar-refractivity contribution in [3.05, 3.63) is 0 Å². The quantitative estimate of drug-likeness (QED) is 0.669. The van der Waals surface area contributed by atoms with E-state index in [9.17, 15) is 0 Å². The fourth-order valence-corrected chi connectivity index (χ4v) is 1.44. The first-order valence-corrected chi connectivity index (χ1v) is 4.40. The van der Waals surface area contributed by atoms with Crippen LogP contribution in [0.15, 0.2) is 0 Å². The minimum Gasteiger partial charge on any atom is -0.395 e. The van der Waals surface area contributed by atoms with Gasteiger partial charge in [0.05, 0.1) is 19.1 Å². The van der Waals surface area contributed by atoms with Crippen LogP contribution in [-0.2, 0) is 0 Å². The van der Waals surface area contributed by atoms with Crippen molar-refractivity contribution in [2.45, 2.75) is 39.3 Å². The zero-order valence-corrected chi connectivity index (χ0v) is 8.12. The Bertz CT molecular complexity index is 151. The smallest absolute Gasteiger partial charge is 0.0639 e. The first kappa shape index (κ1) is 11.4. The van der Waals surface area contributed by atoms with E-state index >= 15 is 0 Å². The van der Waals surface area contributed by atoms with Crippen molar-refractivity contribution < 1.29 is 5.11 Å². The molecule has 0 bridgehead atoms. The number of hydrogen-bond acceptors (Lipinski definition) is 3. The minimum absolute atomic E-state index is 0.000000000000000444. The Morgan fingerprint density at radius 1 is 1.50 bits per heavy atom. The summed E-state index contributed by atoms with van der Waals surface area (Å²) in [7, 11) is 0. The van der Waals surface area contributed by atoms with Crippen molar-refractivity contribution in [2.75, 3.05) is 13.2 Å². The largest absolute Gasteiger partial charge is 0.395 e. The van der Waals surface area contributed by atoms with E-state index in [0.29, 0.717) is 12.5 Å². The number of aliphatic hydroxyl groups is 1. The van der Waals surface area contributed by atoms with E-state index < -0.39 is 0 Å². The summed E-state index contributed by atoms with van der Waals surface area (Å²) in [5, 5.41) is 17.5. The first-order chi connectivity index (χ1) is 5.67. The zero-order valence-electron chi connectivity index (χ0n) is 8.12. The zero-order chi connectivity index (χ0) is 9.56. The van der Waals surface area contributed by atoms with Gasteiger partial charge in [0.25, 0.3) is 0 Å². The van der Waals surface area contributed by atoms with Crippen molar-refractivity contribution in [1.29, 1.82) is 5.26 Å². The summed E-state index contributed by atoms with van der Waals surface area (Å²) in [6.45, 7) is 7.14. The molecule has 0 aromatic heterocycles. The molecule has 1 atom stereocenters. The molecule has 0 aliphatic heterocycles. The molecule has 1 N–H and O–H groups in total. The summed E-state index contributed by atoms with van der Waals surface area (Å²) >= 11 is 0. The van der Waals surface area contributed by atoms with Crippen molar-refractivity contribution in [3.63, 3.8) is 0 Å². The van der Waals surface area contributed by atoms with E-state index in [2.05, 4.69) is 24.8 Å². The maximum atomic E-state index is 9.01. The molecule has 70 valence electrons. The molecule has 0 aliphatic carbocycles. The van der Waals surface area contributed by atoms with Crippen molar-refractivity contribution in [3.8, 4) is 6.07 Å². The Kier molecular flexibility index (Phi) is 5.69. The summed E-state index contributed by atoms with van der Waals surface area (Å²) in [5.74, 6) is 0. The molecule has 12 heavy (non-hydrogen) atoms. The lowest BCUT2D eigenvalue weighted by atomic mass is 10.1. The van der Waals surface area contributed by atoms with Crippen LogP contribution >= 0.6 is 0 Å². The average Bonchev–Trinajstić information content (AvgIpc) is 2.03. The molecule has 0 aliphatic rings. The molecule has 0 saturated carbocycles. The predicted octanol–water partition coefficient (Wildman–Crippen LogP) is 0.991. The van der Waals surface area contributed by atoms with E-state index in [4.69, 9.17) is 10.4 Å². The molecule has 0 amide bonds. The van der Waals surface area contributed by atoms with Gasteiger partial charge in [-0.25, -0.2) is 0 Å². The van der Waals surface area contributed by atoms with Crippen LogP contribution in [0.5, 0.6) is 0 Å². The Labute approximate surface area is 74.6 Å². The van der Waals surface area contributed by atoms with Gasteiger partial charge in [-0.3, -0.25) is 4.90 Å². The average molecular weight is 170 g/mol. The van der Waals surface area contributed by atoms with Gasteiger partial charge in [-0.15, -0.1) is 0 Å². The standard InChI is InChI=1S/C9H18N2O/c1-4-11(8(2)3)9(7-12)5-6-10/h8-9,12H,4-5,7H2,1-3H3. The molecule has 3 nitrogen and oxygen atoms in total. The monoisotopic (exact) mass is 170 g/mol. The van der Waals surface area contributed by atoms with Crippen LogP contribution in [0.1, 0.15) is 27.2 Å². The van der Waals surface area contributed by atoms with Crippen LogP contribution in [-0.4, -0.2) is 35.2 Å². The van der Waals surface area contributed by atoms with Gasteiger partial charge in [0, 0.05) is 12.1 Å². The lowest BCUT2D eigenvalue weighted by Crippen LogP contribution is -2.42. The first-order valence-electron chi connectivity index (χ1n) is 4.40. The lowest BCUT2D eigenvalue weighted by molar-refractivity contribution is 0.103. The number of hydrogen-bond donors (Lipinski definition) is 1. The second-order valence-corrected chi connectivity index (χ2v) is 3.12. The van der Waals surface area contributed by atoms with Crippen LogP contribution < -0.4 is 0 Å². The van der Waals surface area contributed by atoms with Crippen molar-refractivity contribution in [2.24, 2.45) is 0 Å². The van der Waals surface area contributed by atoms with E-state index in [0.717, 1.165) is 6.54 Å². The van der Waals surface area contributed by atoms with Crippen LogP contribution in [0.3, 0.4) is 0 Å². The maximum absolute atomic E-state index is 9.01. The lowest BCUT2D eigenvalue weighted by Gasteiger charge is -2.31. The SMILES string of the molecule is CCN(C(C)C)C(CO)CC#N. The molecule has 3 heteroatoms. The van der Waals surface area contributed by atoms with Gasteiger partial charge in [-0.05, 0) is 20.4 Å². The number of nitriles is 1. The summed E-state index contributed by atoms with van der Waals surface area (Å²) in [6.07, 6.45) is 0.405. The molecule has 0 aromatic carbocycles. The van der Waals surface area contributed by atoms with Gasteiger partial charge >= 0.3 is 0 Å². The number of rotatable bonds is 5. The molecule has 0 heterocycles. The molecular weight excluding hydrogens is 152 g/mol. The number of nitrogens with zero attached hydrogens (tertiary/aromatic N) is 2. The summed E-state index contributed by atoms with van der Waals surface area (Å²) in [6, 6.07) is 2.48. The van der Waals surface area contributed by atoms with Gasteiger partial charge in [0.15, 0.2) is 0 Å². The molecule has 0 aromatic rings. The van der Waals surface area contributed by atoms with Crippen LogP contribution in [0.2, 0.25) is 0 Å². The van der Waals surface area contributed by atoms with Gasteiger partial charge in [0.1, 0.15) is 0 Å². The summed E-state index contributed by atoms with van der Waals surface area (Å²) in [5.41, 5.74) is 0. The second-order valence-electron chi connectivity index (χ2n) is 3.12. The van der Waals surface area contributed by atoms with Gasteiger partial charge in [-0.1, -0.05) is 6.92 Å². The maximum Gasteiger partial charge on any atom is 0.0639 e. The second kappa shape index (κ2) is 5.99. The molecular formula is C9H18N2O. The third-order valence-electron chi connectivity index (χ3n) is 2.04. The highest BCUT2D eigenvalue weighted by molar-refractivity contribution is 4.83.